The van der Waals surface area contributed by atoms with E-state index in [2.05, 4.69) is 41.2 Å². The average molecular weight is 966 g/mol. The molecule has 2 aliphatic rings. The van der Waals surface area contributed by atoms with Crippen LogP contribution in [0.2, 0.25) is 5.02 Å². The summed E-state index contributed by atoms with van der Waals surface area (Å²) in [6.45, 7) is 0. The van der Waals surface area contributed by atoms with Crippen molar-refractivity contribution in [1.29, 1.82) is 0 Å². The number of aromatic nitrogens is 4. The van der Waals surface area contributed by atoms with Gasteiger partial charge in [0.15, 0.2) is 31.9 Å². The summed E-state index contributed by atoms with van der Waals surface area (Å²) in [5, 5.41) is 10.5. The van der Waals surface area contributed by atoms with Crippen LogP contribution in [0.15, 0.2) is 116 Å². The number of urea groups is 2. The standard InChI is InChI=1S/C21H19ClN4O4S2.C21H19FN4O4S2/c2*22-14-8-9-16(15(11-14)19(27)13-5-1-2-6-13)25-20(28)26-21-24-12-18(31-21)32(29,30)17-7-3-4-10-23-17/h2*3-4,7-13H,1-2,5-6H2,(H2,24,25,26,28). The maximum Gasteiger partial charge on any atom is 0.325 e. The van der Waals surface area contributed by atoms with Gasteiger partial charge in [0.05, 0.1) is 23.8 Å². The number of sulfone groups is 2. The van der Waals surface area contributed by atoms with Gasteiger partial charge >= 0.3 is 12.1 Å². The Morgan fingerprint density at radius 1 is 0.578 bits per heavy atom. The van der Waals surface area contributed by atoms with E-state index in [4.69, 9.17) is 11.6 Å². The number of hydrogen-bond acceptors (Lipinski definition) is 14. The Kier molecular flexibility index (Phi) is 14.5. The molecule has 0 saturated heterocycles. The van der Waals surface area contributed by atoms with E-state index in [1.807, 2.05) is 0 Å². The Labute approximate surface area is 380 Å². The minimum atomic E-state index is -3.86. The van der Waals surface area contributed by atoms with E-state index in [0.717, 1.165) is 92.4 Å². The first-order valence-electron chi connectivity index (χ1n) is 19.8. The second-order valence-electron chi connectivity index (χ2n) is 14.5. The van der Waals surface area contributed by atoms with Gasteiger partial charge in [-0.25, -0.2) is 50.8 Å². The number of anilines is 4. The molecule has 64 heavy (non-hydrogen) atoms. The van der Waals surface area contributed by atoms with Crippen molar-refractivity contribution in [2.24, 2.45) is 11.8 Å². The van der Waals surface area contributed by atoms with E-state index >= 15 is 0 Å². The molecule has 0 aliphatic heterocycles. The van der Waals surface area contributed by atoms with Crippen LogP contribution in [0.1, 0.15) is 72.1 Å². The Morgan fingerprint density at radius 2 is 1.02 bits per heavy atom. The lowest BCUT2D eigenvalue weighted by Gasteiger charge is -2.14. The molecular formula is C42H38ClFN8O8S4. The van der Waals surface area contributed by atoms with Crippen LogP contribution < -0.4 is 21.3 Å². The summed E-state index contributed by atoms with van der Waals surface area (Å²) >= 11 is 7.66. The highest BCUT2D eigenvalue weighted by Gasteiger charge is 2.29. The number of thiazole rings is 2. The number of pyridine rings is 2. The second kappa shape index (κ2) is 20.2. The Bertz CT molecular complexity index is 2710. The summed E-state index contributed by atoms with van der Waals surface area (Å²) in [5.41, 5.74) is 0.988. The molecule has 4 amide bonds. The number of carbonyl (C=O) groups is 4. The molecule has 4 heterocycles. The first kappa shape index (κ1) is 46.0. The normalized spacial score (nSPS) is 14.3. The van der Waals surface area contributed by atoms with Gasteiger partial charge in [0.1, 0.15) is 14.2 Å². The van der Waals surface area contributed by atoms with Crippen molar-refractivity contribution >= 4 is 99.2 Å². The van der Waals surface area contributed by atoms with Gasteiger partial charge in [-0.1, -0.05) is 72.1 Å². The van der Waals surface area contributed by atoms with Gasteiger partial charge in [-0.05, 0) is 86.3 Å². The van der Waals surface area contributed by atoms with Crippen molar-refractivity contribution in [3.63, 3.8) is 0 Å². The molecule has 0 unspecified atom stereocenters. The quantitative estimate of drug-likeness (QED) is 0.0839. The molecule has 0 radical (unpaired) electrons. The van der Waals surface area contributed by atoms with Gasteiger partial charge in [0.2, 0.25) is 19.7 Å². The molecule has 2 aliphatic carbocycles. The zero-order valence-corrected chi connectivity index (χ0v) is 37.5. The largest absolute Gasteiger partial charge is 0.325 e. The number of ketones is 2. The van der Waals surface area contributed by atoms with Gasteiger partial charge in [0, 0.05) is 40.4 Å². The van der Waals surface area contributed by atoms with Crippen LogP contribution in [0, 0.1) is 17.7 Å². The molecule has 0 atom stereocenters. The van der Waals surface area contributed by atoms with E-state index in [9.17, 15) is 40.4 Å². The highest BCUT2D eigenvalue weighted by molar-refractivity contribution is 7.93. The summed E-state index contributed by atoms with van der Waals surface area (Å²) in [5.74, 6) is -1.07. The molecule has 332 valence electrons. The predicted octanol–water partition coefficient (Wildman–Crippen LogP) is 9.57. The van der Waals surface area contributed by atoms with Gasteiger partial charge in [0.25, 0.3) is 0 Å². The number of Topliss-reactive ketones (excluding diaryl/α,β-unsaturated/α-hetero) is 2. The van der Waals surface area contributed by atoms with Crippen molar-refractivity contribution in [2.75, 3.05) is 21.3 Å². The molecule has 2 aromatic carbocycles. The van der Waals surface area contributed by atoms with E-state index in [0.29, 0.717) is 16.3 Å². The maximum atomic E-state index is 13.8. The highest BCUT2D eigenvalue weighted by Crippen LogP contribution is 2.34. The molecule has 4 N–H and O–H groups in total. The fourth-order valence-electron chi connectivity index (χ4n) is 7.08. The van der Waals surface area contributed by atoms with Gasteiger partial charge in [-0.3, -0.25) is 20.2 Å². The first-order valence-corrected chi connectivity index (χ1v) is 24.7. The zero-order chi connectivity index (χ0) is 45.4. The Hall–Kier alpha value is -6.00. The molecule has 16 nitrogen and oxygen atoms in total. The van der Waals surface area contributed by atoms with Crippen molar-refractivity contribution in [1.82, 2.24) is 19.9 Å². The minimum absolute atomic E-state index is 0.0433. The van der Waals surface area contributed by atoms with Crippen LogP contribution in [0.3, 0.4) is 0 Å². The summed E-state index contributed by atoms with van der Waals surface area (Å²) in [6.07, 6.45) is 12.1. The SMILES string of the molecule is O=C(Nc1ncc(S(=O)(=O)c2ccccn2)s1)Nc1ccc(Cl)cc1C(=O)C1CCCC1.O=C(Nc1ncc(S(=O)(=O)c2ccccn2)s1)Nc1ccc(F)cc1C(=O)C1CCCC1. The number of rotatable bonds is 12. The van der Waals surface area contributed by atoms with Gasteiger partial charge < -0.3 is 10.6 Å². The topological polar surface area (TPSA) is 236 Å². The van der Waals surface area contributed by atoms with Crippen LogP contribution in [-0.2, 0) is 19.7 Å². The van der Waals surface area contributed by atoms with E-state index in [1.54, 1.807) is 42.5 Å². The number of halogens is 2. The van der Waals surface area contributed by atoms with Crippen LogP contribution in [-0.4, -0.2) is 60.4 Å². The summed E-state index contributed by atoms with van der Waals surface area (Å²) in [7, 11) is -7.69. The van der Waals surface area contributed by atoms with Crippen LogP contribution in [0.5, 0.6) is 0 Å². The maximum absolute atomic E-state index is 13.8. The highest BCUT2D eigenvalue weighted by atomic mass is 35.5. The van der Waals surface area contributed by atoms with E-state index in [-0.39, 0.29) is 63.4 Å². The molecule has 2 fully saturated rings. The van der Waals surface area contributed by atoms with Crippen molar-refractivity contribution in [3.8, 4) is 0 Å². The molecule has 0 bridgehead atoms. The monoisotopic (exact) mass is 964 g/mol. The van der Waals surface area contributed by atoms with E-state index < -0.39 is 37.6 Å². The molecule has 0 spiro atoms. The fourth-order valence-corrected chi connectivity index (χ4v) is 11.9. The number of nitrogens with one attached hydrogen (secondary N) is 4. The van der Waals surface area contributed by atoms with Crippen LogP contribution >= 0.6 is 34.3 Å². The lowest BCUT2D eigenvalue weighted by molar-refractivity contribution is 0.0916. The predicted molar refractivity (Wildman–Crippen MR) is 239 cm³/mol. The van der Waals surface area contributed by atoms with Crippen molar-refractivity contribution in [2.45, 2.75) is 69.8 Å². The Balaban J connectivity index is 0.000000191. The summed E-state index contributed by atoms with van der Waals surface area (Å²) < 4.78 is 64.1. The minimum Gasteiger partial charge on any atom is -0.307 e. The number of carbonyl (C=O) groups excluding carboxylic acids is 4. The molecule has 8 rings (SSSR count). The van der Waals surface area contributed by atoms with E-state index in [1.165, 1.54) is 36.8 Å². The third kappa shape index (κ3) is 11.0. The second-order valence-corrected chi connectivity index (χ2v) is 21.3. The van der Waals surface area contributed by atoms with Gasteiger partial charge in [-0.15, -0.1) is 0 Å². The zero-order valence-electron chi connectivity index (χ0n) is 33.5. The van der Waals surface area contributed by atoms with Crippen molar-refractivity contribution in [3.05, 3.63) is 120 Å². The smallest absolute Gasteiger partial charge is 0.307 e. The number of nitrogens with zero attached hydrogens (tertiary/aromatic N) is 4. The first-order chi connectivity index (χ1) is 30.7. The number of amides is 4. The fraction of sp³-hybridized carbons (Fsp3) is 0.238. The summed E-state index contributed by atoms with van der Waals surface area (Å²) in [4.78, 5) is 66.3. The molecule has 22 heteroatoms. The lowest BCUT2D eigenvalue weighted by Crippen LogP contribution is -2.22. The molecular weight excluding hydrogens is 927 g/mol. The Morgan fingerprint density at radius 3 is 1.45 bits per heavy atom. The molecule has 6 aromatic rings. The van der Waals surface area contributed by atoms with Gasteiger partial charge in [-0.2, -0.15) is 0 Å². The van der Waals surface area contributed by atoms with Crippen LogP contribution in [0.25, 0.3) is 0 Å². The molecule has 4 aromatic heterocycles. The van der Waals surface area contributed by atoms with Crippen molar-refractivity contribution < 1.29 is 40.4 Å². The summed E-state index contributed by atoms with van der Waals surface area (Å²) in [6, 6.07) is 16.0. The number of hydrogen-bond donors (Lipinski definition) is 4. The number of benzene rings is 2. The lowest BCUT2D eigenvalue weighted by atomic mass is 9.95. The third-order valence-corrected chi connectivity index (χ3v) is 16.5. The third-order valence-electron chi connectivity index (χ3n) is 10.2. The molecule has 2 saturated carbocycles. The van der Waals surface area contributed by atoms with Crippen LogP contribution in [0.4, 0.5) is 35.6 Å². The average Bonchev–Trinajstić information content (AvgIpc) is 4.15.